The van der Waals surface area contributed by atoms with E-state index in [1.54, 1.807) is 18.3 Å². The van der Waals surface area contributed by atoms with Crippen LogP contribution >= 0.6 is 15.9 Å². The molecule has 2 heterocycles. The molecule has 1 aromatic heterocycles. The van der Waals surface area contributed by atoms with Crippen molar-refractivity contribution in [3.8, 4) is 0 Å². The van der Waals surface area contributed by atoms with Gasteiger partial charge in [0.15, 0.2) is 0 Å². The summed E-state index contributed by atoms with van der Waals surface area (Å²) < 4.78 is 0.865. The Morgan fingerprint density at radius 2 is 1.80 bits per heavy atom. The Bertz CT molecular complexity index is 1080. The van der Waals surface area contributed by atoms with Crippen molar-refractivity contribution >= 4 is 50.4 Å². The second-order valence-corrected chi connectivity index (χ2v) is 8.27. The maximum atomic E-state index is 12.6. The molecule has 0 spiro atoms. The van der Waals surface area contributed by atoms with E-state index in [0.29, 0.717) is 31.7 Å². The first kappa shape index (κ1) is 20.3. The van der Waals surface area contributed by atoms with Gasteiger partial charge in [0.25, 0.3) is 0 Å². The second kappa shape index (κ2) is 9.22. The zero-order chi connectivity index (χ0) is 20.9. The molecule has 152 valence electrons. The van der Waals surface area contributed by atoms with Crippen LogP contribution in [0.1, 0.15) is 18.4 Å². The normalized spacial score (nSPS) is 14.9. The fraction of sp³-hybridized carbons (Fsp3) is 0.208. The molecule has 5 nitrogen and oxygen atoms in total. The highest BCUT2D eigenvalue weighted by molar-refractivity contribution is 9.10. The Balaban J connectivity index is 1.33. The van der Waals surface area contributed by atoms with Crippen molar-refractivity contribution in [3.05, 3.63) is 76.9 Å². The Kier molecular flexibility index (Phi) is 6.23. The van der Waals surface area contributed by atoms with Crippen LogP contribution in [0.25, 0.3) is 16.8 Å². The Hall–Kier alpha value is -2.99. The molecule has 3 aromatic rings. The fourth-order valence-corrected chi connectivity index (χ4v) is 3.94. The quantitative estimate of drug-likeness (QED) is 0.560. The predicted molar refractivity (Wildman–Crippen MR) is 123 cm³/mol. The van der Waals surface area contributed by atoms with E-state index >= 15 is 0 Å². The average Bonchev–Trinajstić information content (AvgIpc) is 2.79. The number of hydrogen-bond donors (Lipinski definition) is 1. The Morgan fingerprint density at radius 1 is 1.03 bits per heavy atom. The summed E-state index contributed by atoms with van der Waals surface area (Å²) >= 11 is 3.33. The molecule has 1 aliphatic heterocycles. The van der Waals surface area contributed by atoms with Gasteiger partial charge in [0.05, 0.1) is 0 Å². The lowest BCUT2D eigenvalue weighted by atomic mass is 9.95. The summed E-state index contributed by atoms with van der Waals surface area (Å²) in [7, 11) is 0. The number of anilines is 1. The molecule has 0 saturated carbocycles. The van der Waals surface area contributed by atoms with Gasteiger partial charge >= 0.3 is 0 Å². The summed E-state index contributed by atoms with van der Waals surface area (Å²) in [5.41, 5.74) is 1.03. The van der Waals surface area contributed by atoms with Gasteiger partial charge in [-0.1, -0.05) is 42.5 Å². The van der Waals surface area contributed by atoms with E-state index in [9.17, 15) is 9.59 Å². The number of carbonyl (C=O) groups is 2. The van der Waals surface area contributed by atoms with E-state index in [1.165, 1.54) is 0 Å². The third-order valence-corrected chi connectivity index (χ3v) is 5.85. The zero-order valence-electron chi connectivity index (χ0n) is 16.4. The molecule has 6 heteroatoms. The lowest BCUT2D eigenvalue weighted by molar-refractivity contribution is -0.130. The highest BCUT2D eigenvalue weighted by atomic mass is 79.9. The minimum Gasteiger partial charge on any atom is -0.339 e. The van der Waals surface area contributed by atoms with Crippen molar-refractivity contribution in [3.63, 3.8) is 0 Å². The largest absolute Gasteiger partial charge is 0.339 e. The van der Waals surface area contributed by atoms with Crippen LogP contribution in [0.2, 0.25) is 0 Å². The van der Waals surface area contributed by atoms with Crippen molar-refractivity contribution in [2.24, 2.45) is 5.92 Å². The molecule has 0 unspecified atom stereocenters. The van der Waals surface area contributed by atoms with E-state index in [-0.39, 0.29) is 17.7 Å². The molecule has 0 bridgehead atoms. The van der Waals surface area contributed by atoms with Crippen LogP contribution in [0, 0.1) is 5.92 Å². The first-order valence-corrected chi connectivity index (χ1v) is 10.8. The van der Waals surface area contributed by atoms with E-state index in [0.717, 1.165) is 20.8 Å². The van der Waals surface area contributed by atoms with Crippen LogP contribution in [0.15, 0.2) is 71.3 Å². The van der Waals surface area contributed by atoms with Gasteiger partial charge in [-0.15, -0.1) is 0 Å². The van der Waals surface area contributed by atoms with Gasteiger partial charge in [-0.05, 0) is 63.3 Å². The number of nitrogens with one attached hydrogen (secondary N) is 1. The molecule has 2 aromatic carbocycles. The summed E-state index contributed by atoms with van der Waals surface area (Å²) in [5.74, 6) is 0.376. The fourth-order valence-electron chi connectivity index (χ4n) is 3.70. The predicted octanol–water partition coefficient (Wildman–Crippen LogP) is 4.89. The van der Waals surface area contributed by atoms with Crippen molar-refractivity contribution in [2.45, 2.75) is 12.8 Å². The van der Waals surface area contributed by atoms with Crippen molar-refractivity contribution in [1.29, 1.82) is 0 Å². The number of carbonyl (C=O) groups excluding carboxylic acids is 2. The summed E-state index contributed by atoms with van der Waals surface area (Å²) in [6, 6.07) is 17.8. The minimum absolute atomic E-state index is 0.0173. The number of likely N-dealkylation sites (tertiary alicyclic amines) is 1. The number of nitrogens with zero attached hydrogens (tertiary/aromatic N) is 2. The second-order valence-electron chi connectivity index (χ2n) is 7.35. The van der Waals surface area contributed by atoms with E-state index in [2.05, 4.69) is 44.4 Å². The highest BCUT2D eigenvalue weighted by Crippen LogP contribution is 2.22. The number of hydrogen-bond acceptors (Lipinski definition) is 3. The van der Waals surface area contributed by atoms with Gasteiger partial charge in [-0.25, -0.2) is 4.98 Å². The molecule has 0 atom stereocenters. The number of amides is 2. The first-order chi connectivity index (χ1) is 14.6. The van der Waals surface area contributed by atoms with Gasteiger partial charge in [0.2, 0.25) is 11.8 Å². The van der Waals surface area contributed by atoms with Gasteiger partial charge in [0.1, 0.15) is 5.82 Å². The standard InChI is InChI=1S/C24H22BrN3O2/c25-20-9-10-22(26-16-20)27-24(30)19-12-14-28(15-13-19)23(29)11-8-18-6-3-5-17-4-1-2-7-21(17)18/h1-11,16,19H,12-15H2,(H,26,27,30)/b11-8+. The molecular weight excluding hydrogens is 442 g/mol. The average molecular weight is 464 g/mol. The van der Waals surface area contributed by atoms with Gasteiger partial charge in [0, 0.05) is 35.8 Å². The van der Waals surface area contributed by atoms with Gasteiger partial charge in [-0.3, -0.25) is 9.59 Å². The molecule has 2 amide bonds. The number of benzene rings is 2. The molecule has 0 aliphatic carbocycles. The molecule has 0 radical (unpaired) electrons. The summed E-state index contributed by atoms with van der Waals surface area (Å²) in [6.07, 6.45) is 6.46. The van der Waals surface area contributed by atoms with E-state index in [4.69, 9.17) is 0 Å². The van der Waals surface area contributed by atoms with Crippen molar-refractivity contribution < 1.29 is 9.59 Å². The molecule has 1 N–H and O–H groups in total. The minimum atomic E-state index is -0.110. The van der Waals surface area contributed by atoms with E-state index in [1.807, 2.05) is 41.3 Å². The van der Waals surface area contributed by atoms with Gasteiger partial charge in [-0.2, -0.15) is 0 Å². The van der Waals surface area contributed by atoms with Crippen LogP contribution in [0.4, 0.5) is 5.82 Å². The van der Waals surface area contributed by atoms with Crippen LogP contribution < -0.4 is 5.32 Å². The summed E-state index contributed by atoms with van der Waals surface area (Å²) in [4.78, 5) is 31.1. The van der Waals surface area contributed by atoms with Crippen molar-refractivity contribution in [2.75, 3.05) is 18.4 Å². The van der Waals surface area contributed by atoms with Crippen LogP contribution in [-0.4, -0.2) is 34.8 Å². The highest BCUT2D eigenvalue weighted by Gasteiger charge is 2.26. The number of aromatic nitrogens is 1. The maximum Gasteiger partial charge on any atom is 0.246 e. The third kappa shape index (κ3) is 4.76. The lowest BCUT2D eigenvalue weighted by Crippen LogP contribution is -2.40. The SMILES string of the molecule is O=C(Nc1ccc(Br)cn1)C1CCN(C(=O)/C=C/c2cccc3ccccc23)CC1. The van der Waals surface area contributed by atoms with Gasteiger partial charge < -0.3 is 10.2 Å². The summed E-state index contributed by atoms with van der Waals surface area (Å²) in [5, 5.41) is 5.14. The Labute approximate surface area is 183 Å². The van der Waals surface area contributed by atoms with Crippen molar-refractivity contribution in [1.82, 2.24) is 9.88 Å². The Morgan fingerprint density at radius 3 is 2.57 bits per heavy atom. The maximum absolute atomic E-state index is 12.6. The molecule has 30 heavy (non-hydrogen) atoms. The molecule has 4 rings (SSSR count). The summed E-state index contributed by atoms with van der Waals surface area (Å²) in [6.45, 7) is 1.15. The number of rotatable bonds is 4. The topological polar surface area (TPSA) is 62.3 Å². The number of pyridine rings is 1. The molecular formula is C24H22BrN3O2. The van der Waals surface area contributed by atoms with E-state index < -0.39 is 0 Å². The van der Waals surface area contributed by atoms with Crippen LogP contribution in [-0.2, 0) is 9.59 Å². The molecule has 1 fully saturated rings. The van der Waals surface area contributed by atoms with Crippen LogP contribution in [0.3, 0.4) is 0 Å². The number of halogens is 1. The monoisotopic (exact) mass is 463 g/mol. The lowest BCUT2D eigenvalue weighted by Gasteiger charge is -2.30. The molecule has 1 aliphatic rings. The smallest absolute Gasteiger partial charge is 0.246 e. The molecule has 1 saturated heterocycles. The first-order valence-electron chi connectivity index (χ1n) is 9.97. The zero-order valence-corrected chi connectivity index (χ0v) is 18.0. The number of fused-ring (bicyclic) bond motifs is 1. The number of piperidine rings is 1. The third-order valence-electron chi connectivity index (χ3n) is 5.38. The van der Waals surface area contributed by atoms with Crippen LogP contribution in [0.5, 0.6) is 0 Å².